The first-order valence-electron chi connectivity index (χ1n) is 5.87. The van der Waals surface area contributed by atoms with Gasteiger partial charge in [-0.25, -0.2) is 0 Å². The summed E-state index contributed by atoms with van der Waals surface area (Å²) in [5, 5.41) is 23.6. The molecule has 5 nitrogen and oxygen atoms in total. The van der Waals surface area contributed by atoms with Crippen LogP contribution in [0.5, 0.6) is 0 Å². The van der Waals surface area contributed by atoms with Crippen LogP contribution in [0.25, 0.3) is 0 Å². The van der Waals surface area contributed by atoms with Crippen molar-refractivity contribution in [3.05, 3.63) is 67.7 Å². The molecule has 2 rings (SSSR count). The fourth-order valence-electron chi connectivity index (χ4n) is 1.78. The van der Waals surface area contributed by atoms with Gasteiger partial charge in [-0.1, -0.05) is 23.2 Å². The van der Waals surface area contributed by atoms with E-state index in [1.165, 1.54) is 6.07 Å². The molecule has 21 heavy (non-hydrogen) atoms. The zero-order valence-corrected chi connectivity index (χ0v) is 12.1. The summed E-state index contributed by atoms with van der Waals surface area (Å²) in [6, 6.07) is 11.2. The third kappa shape index (κ3) is 3.63. The lowest BCUT2D eigenvalue weighted by Crippen LogP contribution is -2.03. The Morgan fingerprint density at radius 1 is 1.24 bits per heavy atom. The van der Waals surface area contributed by atoms with E-state index < -0.39 is 4.92 Å². The van der Waals surface area contributed by atoms with Crippen molar-refractivity contribution >= 4 is 34.6 Å². The fraction of sp³-hybridized carbons (Fsp3) is 0.0714. The molecule has 0 saturated carbocycles. The third-order valence-electron chi connectivity index (χ3n) is 2.81. The summed E-state index contributed by atoms with van der Waals surface area (Å²) < 4.78 is 0. The number of anilines is 1. The first kappa shape index (κ1) is 15.1. The second-order valence-corrected chi connectivity index (χ2v) is 5.03. The van der Waals surface area contributed by atoms with Crippen molar-refractivity contribution in [2.75, 3.05) is 5.32 Å². The molecule has 7 heteroatoms. The Morgan fingerprint density at radius 3 is 2.67 bits per heavy atom. The molecule has 0 fully saturated rings. The van der Waals surface area contributed by atoms with E-state index in [9.17, 15) is 10.1 Å². The highest BCUT2D eigenvalue weighted by molar-refractivity contribution is 6.33. The van der Waals surface area contributed by atoms with Crippen molar-refractivity contribution in [1.82, 2.24) is 0 Å². The lowest BCUT2D eigenvalue weighted by Gasteiger charge is -2.09. The molecular weight excluding hydrogens is 313 g/mol. The molecule has 0 bridgehead atoms. The average Bonchev–Trinajstić information content (AvgIpc) is 2.47. The summed E-state index contributed by atoms with van der Waals surface area (Å²) in [5.74, 6) is 0. The molecule has 1 N–H and O–H groups in total. The lowest BCUT2D eigenvalue weighted by atomic mass is 10.1. The summed E-state index contributed by atoms with van der Waals surface area (Å²) in [6.45, 7) is 0.197. The van der Waals surface area contributed by atoms with Gasteiger partial charge in [0.15, 0.2) is 0 Å². The highest BCUT2D eigenvalue weighted by Gasteiger charge is 2.14. The zero-order valence-electron chi connectivity index (χ0n) is 10.6. The molecule has 2 aromatic rings. The van der Waals surface area contributed by atoms with Crippen LogP contribution in [0, 0.1) is 21.4 Å². The largest absolute Gasteiger partial charge is 0.379 e. The highest BCUT2D eigenvalue weighted by Crippen LogP contribution is 2.27. The number of halogens is 2. The average molecular weight is 322 g/mol. The molecule has 0 aliphatic carbocycles. The maximum Gasteiger partial charge on any atom is 0.275 e. The molecule has 0 aliphatic heterocycles. The van der Waals surface area contributed by atoms with Gasteiger partial charge in [-0.2, -0.15) is 5.26 Å². The minimum absolute atomic E-state index is 0.0671. The van der Waals surface area contributed by atoms with Gasteiger partial charge < -0.3 is 5.32 Å². The Morgan fingerprint density at radius 2 is 2.00 bits per heavy atom. The van der Waals surface area contributed by atoms with E-state index in [1.807, 2.05) is 6.07 Å². The number of nitriles is 1. The Hall–Kier alpha value is -2.29. The van der Waals surface area contributed by atoms with Crippen molar-refractivity contribution in [2.24, 2.45) is 0 Å². The molecule has 0 atom stereocenters. The van der Waals surface area contributed by atoms with Gasteiger partial charge in [0.1, 0.15) is 0 Å². The van der Waals surface area contributed by atoms with Crippen LogP contribution in [0.15, 0.2) is 36.4 Å². The number of rotatable bonds is 4. The highest BCUT2D eigenvalue weighted by atomic mass is 35.5. The molecule has 0 amide bonds. The second kappa shape index (κ2) is 6.44. The number of nitrogens with zero attached hydrogens (tertiary/aromatic N) is 2. The Bertz CT molecular complexity index is 741. The van der Waals surface area contributed by atoms with E-state index >= 15 is 0 Å². The van der Waals surface area contributed by atoms with Gasteiger partial charge in [0, 0.05) is 23.2 Å². The molecule has 0 heterocycles. The number of hydrogen-bond acceptors (Lipinski definition) is 4. The predicted octanol–water partition coefficient (Wildman–Crippen LogP) is 4.39. The second-order valence-electron chi connectivity index (χ2n) is 4.19. The van der Waals surface area contributed by atoms with Crippen LogP contribution < -0.4 is 5.32 Å². The molecule has 0 aromatic heterocycles. The number of nitro groups is 1. The van der Waals surface area contributed by atoms with Crippen molar-refractivity contribution in [3.8, 4) is 6.07 Å². The Labute approximate surface area is 130 Å². The minimum Gasteiger partial charge on any atom is -0.379 e. The van der Waals surface area contributed by atoms with Gasteiger partial charge in [-0.05, 0) is 30.3 Å². The van der Waals surface area contributed by atoms with Crippen LogP contribution in [0.1, 0.15) is 11.1 Å². The van der Waals surface area contributed by atoms with E-state index in [4.69, 9.17) is 28.5 Å². The quantitative estimate of drug-likeness (QED) is 0.669. The first-order chi connectivity index (χ1) is 10.0. The van der Waals surface area contributed by atoms with Gasteiger partial charge in [0.25, 0.3) is 5.69 Å². The molecule has 0 unspecified atom stereocenters. The topological polar surface area (TPSA) is 79.0 Å². The summed E-state index contributed by atoms with van der Waals surface area (Å²) in [4.78, 5) is 10.5. The molecule has 0 aliphatic rings. The molecular formula is C14H9Cl2N3O2. The third-order valence-corrected chi connectivity index (χ3v) is 3.37. The van der Waals surface area contributed by atoms with E-state index in [2.05, 4.69) is 5.32 Å². The van der Waals surface area contributed by atoms with Gasteiger partial charge in [-0.3, -0.25) is 10.1 Å². The standard InChI is InChI=1S/C14H9Cl2N3O2/c15-11-3-2-10(14(6-11)19(20)21)8-18-13-5-9(7-17)1-4-12(13)16/h1-6,18H,8H2. The van der Waals surface area contributed by atoms with Gasteiger partial charge in [0.2, 0.25) is 0 Å². The molecule has 2 aromatic carbocycles. The lowest BCUT2D eigenvalue weighted by molar-refractivity contribution is -0.385. The number of hydrogen-bond donors (Lipinski definition) is 1. The number of benzene rings is 2. The van der Waals surface area contributed by atoms with Gasteiger partial charge in [-0.15, -0.1) is 0 Å². The van der Waals surface area contributed by atoms with Gasteiger partial charge in [0.05, 0.1) is 27.3 Å². The van der Waals surface area contributed by atoms with E-state index in [0.717, 1.165) is 0 Å². The maximum atomic E-state index is 11.0. The summed E-state index contributed by atoms with van der Waals surface area (Å²) in [6.07, 6.45) is 0. The molecule has 0 radical (unpaired) electrons. The fourth-order valence-corrected chi connectivity index (χ4v) is 2.13. The molecule has 0 spiro atoms. The van der Waals surface area contributed by atoms with Crippen LogP contribution in [-0.2, 0) is 6.54 Å². The molecule has 106 valence electrons. The predicted molar refractivity (Wildman–Crippen MR) is 81.6 cm³/mol. The Kier molecular flexibility index (Phi) is 4.63. The SMILES string of the molecule is N#Cc1ccc(Cl)c(NCc2ccc(Cl)cc2[N+](=O)[O-])c1. The summed E-state index contributed by atoms with van der Waals surface area (Å²) in [7, 11) is 0. The minimum atomic E-state index is -0.490. The summed E-state index contributed by atoms with van der Waals surface area (Å²) >= 11 is 11.8. The maximum absolute atomic E-state index is 11.0. The van der Waals surface area contributed by atoms with E-state index in [0.29, 0.717) is 26.9 Å². The van der Waals surface area contributed by atoms with Crippen molar-refractivity contribution in [3.63, 3.8) is 0 Å². The van der Waals surface area contributed by atoms with Crippen molar-refractivity contribution in [2.45, 2.75) is 6.54 Å². The normalized spacial score (nSPS) is 9.95. The van der Waals surface area contributed by atoms with Crippen LogP contribution >= 0.6 is 23.2 Å². The van der Waals surface area contributed by atoms with Crippen LogP contribution in [-0.4, -0.2) is 4.92 Å². The summed E-state index contributed by atoms with van der Waals surface area (Å²) in [5.41, 5.74) is 1.40. The van der Waals surface area contributed by atoms with E-state index in [-0.39, 0.29) is 12.2 Å². The van der Waals surface area contributed by atoms with Gasteiger partial charge >= 0.3 is 0 Å². The monoisotopic (exact) mass is 321 g/mol. The number of nitro benzene ring substituents is 1. The van der Waals surface area contributed by atoms with Crippen LogP contribution in [0.4, 0.5) is 11.4 Å². The zero-order chi connectivity index (χ0) is 15.4. The smallest absolute Gasteiger partial charge is 0.275 e. The van der Waals surface area contributed by atoms with Crippen molar-refractivity contribution < 1.29 is 4.92 Å². The number of nitrogens with one attached hydrogen (secondary N) is 1. The first-order valence-corrected chi connectivity index (χ1v) is 6.63. The van der Waals surface area contributed by atoms with Crippen LogP contribution in [0.3, 0.4) is 0 Å². The van der Waals surface area contributed by atoms with E-state index in [1.54, 1.807) is 30.3 Å². The Balaban J connectivity index is 2.25. The molecule has 0 saturated heterocycles. The van der Waals surface area contributed by atoms with Crippen molar-refractivity contribution in [1.29, 1.82) is 5.26 Å². The van der Waals surface area contributed by atoms with Crippen LogP contribution in [0.2, 0.25) is 10.0 Å².